The SMILES string of the molecule is CC1(C)OC12CCCC2. The minimum Gasteiger partial charge on any atom is -0.363 e. The van der Waals surface area contributed by atoms with Gasteiger partial charge in [-0.25, -0.2) is 0 Å². The van der Waals surface area contributed by atoms with Gasteiger partial charge in [0.15, 0.2) is 0 Å². The van der Waals surface area contributed by atoms with Crippen LogP contribution in [0.1, 0.15) is 39.5 Å². The molecule has 52 valence electrons. The van der Waals surface area contributed by atoms with E-state index in [-0.39, 0.29) is 5.60 Å². The zero-order valence-corrected chi connectivity index (χ0v) is 6.24. The van der Waals surface area contributed by atoms with E-state index in [1.165, 1.54) is 25.7 Å². The molecule has 0 amide bonds. The van der Waals surface area contributed by atoms with Gasteiger partial charge in [-0.3, -0.25) is 0 Å². The maximum absolute atomic E-state index is 5.65. The van der Waals surface area contributed by atoms with Crippen LogP contribution < -0.4 is 0 Å². The van der Waals surface area contributed by atoms with Crippen LogP contribution in [0, 0.1) is 0 Å². The van der Waals surface area contributed by atoms with E-state index in [2.05, 4.69) is 13.8 Å². The lowest BCUT2D eigenvalue weighted by Crippen LogP contribution is -2.15. The van der Waals surface area contributed by atoms with E-state index in [1.54, 1.807) is 0 Å². The first-order valence-electron chi connectivity index (χ1n) is 3.87. The fraction of sp³-hybridized carbons (Fsp3) is 1.00. The first kappa shape index (κ1) is 5.72. The zero-order chi connectivity index (χ0) is 6.54. The maximum atomic E-state index is 5.65. The van der Waals surface area contributed by atoms with Crippen LogP contribution in [0.3, 0.4) is 0 Å². The number of hydrogen-bond acceptors (Lipinski definition) is 1. The van der Waals surface area contributed by atoms with Crippen LogP contribution in [-0.4, -0.2) is 11.2 Å². The second kappa shape index (κ2) is 1.34. The van der Waals surface area contributed by atoms with Crippen molar-refractivity contribution < 1.29 is 4.74 Å². The molecule has 0 bridgehead atoms. The Balaban J connectivity index is 2.13. The third-order valence-electron chi connectivity index (χ3n) is 2.92. The third-order valence-corrected chi connectivity index (χ3v) is 2.92. The van der Waals surface area contributed by atoms with Gasteiger partial charge in [-0.15, -0.1) is 0 Å². The second-order valence-corrected chi connectivity index (χ2v) is 3.81. The average Bonchev–Trinajstić information content (AvgIpc) is 2.27. The molecule has 2 fully saturated rings. The predicted molar refractivity (Wildman–Crippen MR) is 36.4 cm³/mol. The van der Waals surface area contributed by atoms with Gasteiger partial charge in [0.05, 0.1) is 11.2 Å². The molecule has 2 rings (SSSR count). The van der Waals surface area contributed by atoms with Crippen LogP contribution in [0.5, 0.6) is 0 Å². The van der Waals surface area contributed by atoms with Crippen molar-refractivity contribution in [1.29, 1.82) is 0 Å². The van der Waals surface area contributed by atoms with Crippen LogP contribution in [0.15, 0.2) is 0 Å². The fourth-order valence-electron chi connectivity index (χ4n) is 2.11. The van der Waals surface area contributed by atoms with Crippen molar-refractivity contribution >= 4 is 0 Å². The van der Waals surface area contributed by atoms with Gasteiger partial charge in [-0.1, -0.05) is 12.8 Å². The summed E-state index contributed by atoms with van der Waals surface area (Å²) >= 11 is 0. The minimum absolute atomic E-state index is 0.226. The van der Waals surface area contributed by atoms with Gasteiger partial charge in [-0.2, -0.15) is 0 Å². The first-order chi connectivity index (χ1) is 4.16. The topological polar surface area (TPSA) is 12.5 Å². The highest BCUT2D eigenvalue weighted by atomic mass is 16.6. The standard InChI is InChI=1S/C8H14O/c1-7(2)8(9-7)5-3-4-6-8/h3-6H2,1-2H3. The molecule has 0 radical (unpaired) electrons. The Bertz CT molecular complexity index is 126. The Hall–Kier alpha value is -0.0400. The van der Waals surface area contributed by atoms with Gasteiger partial charge in [0.1, 0.15) is 0 Å². The van der Waals surface area contributed by atoms with E-state index in [4.69, 9.17) is 4.74 Å². The zero-order valence-electron chi connectivity index (χ0n) is 6.24. The summed E-state index contributed by atoms with van der Waals surface area (Å²) in [5.74, 6) is 0. The Kier molecular flexibility index (Phi) is 0.852. The summed E-state index contributed by atoms with van der Waals surface area (Å²) in [6, 6.07) is 0. The van der Waals surface area contributed by atoms with Crippen LogP contribution in [0.25, 0.3) is 0 Å². The van der Waals surface area contributed by atoms with Gasteiger partial charge < -0.3 is 4.74 Å². The van der Waals surface area contributed by atoms with Crippen molar-refractivity contribution in [3.05, 3.63) is 0 Å². The molecule has 0 aromatic carbocycles. The highest BCUT2D eigenvalue weighted by molar-refractivity contribution is 5.12. The summed E-state index contributed by atoms with van der Waals surface area (Å²) in [7, 11) is 0. The van der Waals surface area contributed by atoms with Gasteiger partial charge in [0, 0.05) is 0 Å². The molecule has 0 aromatic heterocycles. The molecule has 0 unspecified atom stereocenters. The van der Waals surface area contributed by atoms with E-state index in [1.807, 2.05) is 0 Å². The van der Waals surface area contributed by atoms with Crippen LogP contribution in [0.4, 0.5) is 0 Å². The molecule has 1 saturated heterocycles. The van der Waals surface area contributed by atoms with Crippen molar-refractivity contribution in [2.75, 3.05) is 0 Å². The van der Waals surface area contributed by atoms with E-state index >= 15 is 0 Å². The smallest absolute Gasteiger partial charge is 0.0974 e. The molecule has 0 atom stereocenters. The number of rotatable bonds is 0. The summed E-state index contributed by atoms with van der Waals surface area (Å²) in [5, 5.41) is 0. The average molecular weight is 126 g/mol. The third kappa shape index (κ3) is 0.586. The second-order valence-electron chi connectivity index (χ2n) is 3.81. The molecule has 1 saturated carbocycles. The lowest BCUT2D eigenvalue weighted by Gasteiger charge is -2.02. The molecule has 1 aliphatic heterocycles. The molecular formula is C8H14O. The van der Waals surface area contributed by atoms with Crippen molar-refractivity contribution in [3.63, 3.8) is 0 Å². The molecule has 1 heterocycles. The van der Waals surface area contributed by atoms with Gasteiger partial charge in [0.2, 0.25) is 0 Å². The monoisotopic (exact) mass is 126 g/mol. The molecule has 1 heteroatoms. The van der Waals surface area contributed by atoms with E-state index in [9.17, 15) is 0 Å². The summed E-state index contributed by atoms with van der Waals surface area (Å²) in [6.07, 6.45) is 5.37. The largest absolute Gasteiger partial charge is 0.363 e. The molecule has 0 N–H and O–H groups in total. The summed E-state index contributed by atoms with van der Waals surface area (Å²) in [5.41, 5.74) is 0.566. The Morgan fingerprint density at radius 3 is 1.78 bits per heavy atom. The van der Waals surface area contributed by atoms with Gasteiger partial charge in [0.25, 0.3) is 0 Å². The molecule has 9 heavy (non-hydrogen) atoms. The highest BCUT2D eigenvalue weighted by Gasteiger charge is 2.63. The Morgan fingerprint density at radius 2 is 1.56 bits per heavy atom. The predicted octanol–water partition coefficient (Wildman–Crippen LogP) is 2.11. The minimum atomic E-state index is 0.226. The number of ether oxygens (including phenoxy) is 1. The van der Waals surface area contributed by atoms with Crippen molar-refractivity contribution in [2.45, 2.75) is 50.7 Å². The van der Waals surface area contributed by atoms with E-state index < -0.39 is 0 Å². The van der Waals surface area contributed by atoms with Crippen molar-refractivity contribution in [2.24, 2.45) is 0 Å². The Labute approximate surface area is 56.4 Å². The summed E-state index contributed by atoms with van der Waals surface area (Å²) < 4.78 is 5.65. The fourth-order valence-corrected chi connectivity index (χ4v) is 2.11. The first-order valence-corrected chi connectivity index (χ1v) is 3.87. The van der Waals surface area contributed by atoms with Crippen LogP contribution >= 0.6 is 0 Å². The molecule has 2 aliphatic rings. The normalized spacial score (nSPS) is 35.3. The van der Waals surface area contributed by atoms with E-state index in [0.717, 1.165) is 0 Å². The highest BCUT2D eigenvalue weighted by Crippen LogP contribution is 2.57. The molecule has 1 aliphatic carbocycles. The molecular weight excluding hydrogens is 112 g/mol. The summed E-state index contributed by atoms with van der Waals surface area (Å²) in [6.45, 7) is 4.41. The Morgan fingerprint density at radius 1 is 1.11 bits per heavy atom. The van der Waals surface area contributed by atoms with Crippen molar-refractivity contribution in [3.8, 4) is 0 Å². The van der Waals surface area contributed by atoms with Gasteiger partial charge >= 0.3 is 0 Å². The quantitative estimate of drug-likeness (QED) is 0.453. The van der Waals surface area contributed by atoms with Gasteiger partial charge in [-0.05, 0) is 26.7 Å². The van der Waals surface area contributed by atoms with Crippen LogP contribution in [-0.2, 0) is 4.74 Å². The number of hydrogen-bond donors (Lipinski definition) is 0. The molecule has 0 aromatic rings. The lowest BCUT2D eigenvalue weighted by molar-refractivity contribution is 0.277. The summed E-state index contributed by atoms with van der Waals surface area (Å²) in [4.78, 5) is 0. The van der Waals surface area contributed by atoms with E-state index in [0.29, 0.717) is 5.60 Å². The number of epoxide rings is 1. The lowest BCUT2D eigenvalue weighted by atomic mass is 9.95. The maximum Gasteiger partial charge on any atom is 0.0974 e. The molecule has 1 spiro atoms. The molecule has 1 nitrogen and oxygen atoms in total. The van der Waals surface area contributed by atoms with Crippen molar-refractivity contribution in [1.82, 2.24) is 0 Å². The van der Waals surface area contributed by atoms with Crippen LogP contribution in [0.2, 0.25) is 0 Å².